The second-order valence-corrected chi connectivity index (χ2v) is 3.27. The molecule has 3 nitrogen and oxygen atoms in total. The molecule has 1 aromatic rings. The Kier molecular flexibility index (Phi) is 4.57. The fourth-order valence-electron chi connectivity index (χ4n) is 1.21. The van der Waals surface area contributed by atoms with Crippen molar-refractivity contribution in [2.45, 2.75) is 12.5 Å². The summed E-state index contributed by atoms with van der Waals surface area (Å²) in [6.45, 7) is 0. The molecule has 3 N–H and O–H groups in total. The third-order valence-corrected chi connectivity index (χ3v) is 2.08. The molecule has 3 heteroatoms. The van der Waals surface area contributed by atoms with Gasteiger partial charge in [0.1, 0.15) is 0 Å². The van der Waals surface area contributed by atoms with Gasteiger partial charge in [0.25, 0.3) is 0 Å². The van der Waals surface area contributed by atoms with Gasteiger partial charge in [-0.05, 0) is 12.0 Å². The van der Waals surface area contributed by atoms with Crippen molar-refractivity contribution in [3.05, 3.63) is 42.0 Å². The van der Waals surface area contributed by atoms with Gasteiger partial charge in [-0.15, -0.1) is 0 Å². The molecule has 1 amide bonds. The first-order chi connectivity index (χ1) is 7.24. The van der Waals surface area contributed by atoms with E-state index in [2.05, 4.69) is 5.32 Å². The van der Waals surface area contributed by atoms with Gasteiger partial charge in [-0.1, -0.05) is 42.5 Å². The molecule has 0 saturated carbocycles. The van der Waals surface area contributed by atoms with E-state index in [1.165, 1.54) is 0 Å². The van der Waals surface area contributed by atoms with Gasteiger partial charge in [0.15, 0.2) is 0 Å². The number of amides is 1. The Morgan fingerprint density at radius 3 is 2.73 bits per heavy atom. The summed E-state index contributed by atoms with van der Waals surface area (Å²) in [4.78, 5) is 11.1. The predicted octanol–water partition coefficient (Wildman–Crippen LogP) is 1.16. The van der Waals surface area contributed by atoms with Gasteiger partial charge in [0.05, 0.1) is 6.04 Å². The maximum Gasteiger partial charge on any atom is 0.236 e. The van der Waals surface area contributed by atoms with Gasteiger partial charge >= 0.3 is 0 Å². The summed E-state index contributed by atoms with van der Waals surface area (Å²) in [6.07, 6.45) is 4.42. The van der Waals surface area contributed by atoms with E-state index in [9.17, 15) is 4.79 Å². The van der Waals surface area contributed by atoms with Crippen LogP contribution < -0.4 is 11.1 Å². The molecule has 0 heterocycles. The molecule has 1 rings (SSSR count). The normalized spacial score (nSPS) is 12.7. The molecule has 0 aliphatic heterocycles. The van der Waals surface area contributed by atoms with Crippen LogP contribution in [0.25, 0.3) is 6.08 Å². The van der Waals surface area contributed by atoms with Gasteiger partial charge in [-0.25, -0.2) is 0 Å². The first kappa shape index (κ1) is 11.5. The number of hydrogen-bond donors (Lipinski definition) is 2. The van der Waals surface area contributed by atoms with Crippen LogP contribution in [0.15, 0.2) is 36.4 Å². The van der Waals surface area contributed by atoms with Crippen LogP contribution in [0.2, 0.25) is 0 Å². The zero-order valence-corrected chi connectivity index (χ0v) is 8.81. The standard InChI is InChI=1S/C12H16N2O/c1-14-12(15)11(13)9-5-8-10-6-3-2-4-7-10/h2-8,11H,9,13H2,1H3,(H,14,15). The number of nitrogens with one attached hydrogen (secondary N) is 1. The van der Waals surface area contributed by atoms with E-state index in [0.717, 1.165) is 5.56 Å². The lowest BCUT2D eigenvalue weighted by molar-refractivity contribution is -0.121. The van der Waals surface area contributed by atoms with Crippen LogP contribution in [0, 0.1) is 0 Å². The Morgan fingerprint density at radius 2 is 2.13 bits per heavy atom. The van der Waals surface area contributed by atoms with Crippen molar-refractivity contribution in [1.82, 2.24) is 5.32 Å². The SMILES string of the molecule is CNC(=O)C(N)CC=Cc1ccccc1. The number of benzene rings is 1. The lowest BCUT2D eigenvalue weighted by Gasteiger charge is -2.05. The average molecular weight is 204 g/mol. The summed E-state index contributed by atoms with van der Waals surface area (Å²) >= 11 is 0. The second-order valence-electron chi connectivity index (χ2n) is 3.27. The van der Waals surface area contributed by atoms with E-state index >= 15 is 0 Å². The quantitative estimate of drug-likeness (QED) is 0.773. The van der Waals surface area contributed by atoms with Crippen LogP contribution >= 0.6 is 0 Å². The zero-order valence-electron chi connectivity index (χ0n) is 8.81. The second kappa shape index (κ2) is 5.98. The molecule has 0 saturated heterocycles. The molecule has 0 aliphatic carbocycles. The smallest absolute Gasteiger partial charge is 0.236 e. The topological polar surface area (TPSA) is 55.1 Å². The van der Waals surface area contributed by atoms with Crippen LogP contribution in [-0.2, 0) is 4.79 Å². The molecule has 1 aromatic carbocycles. The van der Waals surface area contributed by atoms with E-state index in [0.29, 0.717) is 6.42 Å². The third kappa shape index (κ3) is 3.95. The Balaban J connectivity index is 2.43. The van der Waals surface area contributed by atoms with Crippen LogP contribution in [0.3, 0.4) is 0 Å². The van der Waals surface area contributed by atoms with Gasteiger partial charge in [-0.2, -0.15) is 0 Å². The maximum absolute atomic E-state index is 11.1. The summed E-state index contributed by atoms with van der Waals surface area (Å²) in [7, 11) is 1.59. The minimum atomic E-state index is -0.463. The monoisotopic (exact) mass is 204 g/mol. The highest BCUT2D eigenvalue weighted by Gasteiger charge is 2.07. The average Bonchev–Trinajstić information content (AvgIpc) is 2.29. The Hall–Kier alpha value is -1.61. The maximum atomic E-state index is 11.1. The zero-order chi connectivity index (χ0) is 11.1. The molecule has 1 unspecified atom stereocenters. The van der Waals surface area contributed by atoms with E-state index < -0.39 is 6.04 Å². The first-order valence-electron chi connectivity index (χ1n) is 4.93. The number of likely N-dealkylation sites (N-methyl/N-ethyl adjacent to an activating group) is 1. The predicted molar refractivity (Wildman–Crippen MR) is 62.1 cm³/mol. The summed E-state index contributed by atoms with van der Waals surface area (Å²) in [5.41, 5.74) is 6.74. The summed E-state index contributed by atoms with van der Waals surface area (Å²) in [5, 5.41) is 2.52. The molecule has 15 heavy (non-hydrogen) atoms. The van der Waals surface area contributed by atoms with Crippen LogP contribution in [-0.4, -0.2) is 19.0 Å². The van der Waals surface area contributed by atoms with Crippen molar-refractivity contribution in [1.29, 1.82) is 0 Å². The van der Waals surface area contributed by atoms with Crippen LogP contribution in [0.4, 0.5) is 0 Å². The van der Waals surface area contributed by atoms with E-state index in [1.54, 1.807) is 7.05 Å². The molecule has 0 fully saturated rings. The fraction of sp³-hybridized carbons (Fsp3) is 0.250. The largest absolute Gasteiger partial charge is 0.358 e. The summed E-state index contributed by atoms with van der Waals surface area (Å²) in [6, 6.07) is 9.45. The number of rotatable bonds is 4. The third-order valence-electron chi connectivity index (χ3n) is 2.08. The van der Waals surface area contributed by atoms with Gasteiger partial charge < -0.3 is 11.1 Å². The highest BCUT2D eigenvalue weighted by atomic mass is 16.2. The van der Waals surface area contributed by atoms with Gasteiger partial charge in [0.2, 0.25) is 5.91 Å². The molecular weight excluding hydrogens is 188 g/mol. The van der Waals surface area contributed by atoms with Crippen molar-refractivity contribution < 1.29 is 4.79 Å². The van der Waals surface area contributed by atoms with E-state index in [4.69, 9.17) is 5.73 Å². The van der Waals surface area contributed by atoms with Crippen LogP contribution in [0.5, 0.6) is 0 Å². The molecule has 80 valence electrons. The van der Waals surface area contributed by atoms with E-state index in [1.807, 2.05) is 42.5 Å². The van der Waals surface area contributed by atoms with E-state index in [-0.39, 0.29) is 5.91 Å². The number of hydrogen-bond acceptors (Lipinski definition) is 2. The van der Waals surface area contributed by atoms with Crippen molar-refractivity contribution in [3.8, 4) is 0 Å². The van der Waals surface area contributed by atoms with Crippen molar-refractivity contribution in [3.63, 3.8) is 0 Å². The lowest BCUT2D eigenvalue weighted by atomic mass is 10.1. The summed E-state index contributed by atoms with van der Waals surface area (Å²) < 4.78 is 0. The van der Waals surface area contributed by atoms with Crippen LogP contribution in [0.1, 0.15) is 12.0 Å². The molecular formula is C12H16N2O. The highest BCUT2D eigenvalue weighted by molar-refractivity contribution is 5.81. The van der Waals surface area contributed by atoms with Gasteiger partial charge in [-0.3, -0.25) is 4.79 Å². The Morgan fingerprint density at radius 1 is 1.47 bits per heavy atom. The Bertz CT molecular complexity index is 333. The highest BCUT2D eigenvalue weighted by Crippen LogP contribution is 2.02. The van der Waals surface area contributed by atoms with Crippen molar-refractivity contribution in [2.75, 3.05) is 7.05 Å². The molecule has 0 bridgehead atoms. The molecule has 0 spiro atoms. The molecule has 1 atom stereocenters. The number of carbonyl (C=O) groups is 1. The minimum Gasteiger partial charge on any atom is -0.358 e. The number of nitrogens with two attached hydrogens (primary N) is 1. The lowest BCUT2D eigenvalue weighted by Crippen LogP contribution is -2.38. The Labute approximate surface area is 90.0 Å². The molecule has 0 aliphatic rings. The number of carbonyl (C=O) groups excluding carboxylic acids is 1. The van der Waals surface area contributed by atoms with Crippen molar-refractivity contribution in [2.24, 2.45) is 5.73 Å². The van der Waals surface area contributed by atoms with Gasteiger partial charge in [0, 0.05) is 7.05 Å². The molecule has 0 aromatic heterocycles. The summed E-state index contributed by atoms with van der Waals surface area (Å²) in [5.74, 6) is -0.132. The first-order valence-corrected chi connectivity index (χ1v) is 4.93. The molecule has 0 radical (unpaired) electrons. The van der Waals surface area contributed by atoms with Crippen molar-refractivity contribution >= 4 is 12.0 Å². The minimum absolute atomic E-state index is 0.132. The fourth-order valence-corrected chi connectivity index (χ4v) is 1.21.